The molecule has 0 spiro atoms. The molecule has 4 nitrogen and oxygen atoms in total. The van der Waals surface area contributed by atoms with E-state index in [0.717, 1.165) is 43.4 Å². The second-order valence-electron chi connectivity index (χ2n) is 16.4. The average Bonchev–Trinajstić information content (AvgIpc) is 3.86. The molecule has 65 heavy (non-hydrogen) atoms. The molecule has 0 aliphatic heterocycles. The molecule has 3 aromatic heterocycles. The molecule has 0 aliphatic rings. The second-order valence-corrected chi connectivity index (χ2v) is 16.4. The molecule has 8 aromatic carbocycles. The van der Waals surface area contributed by atoms with Gasteiger partial charge in [-0.1, -0.05) is 80.8 Å². The van der Waals surface area contributed by atoms with Gasteiger partial charge in [-0.15, -0.1) is 43.7 Å². The Morgan fingerprint density at radius 3 is 1.51 bits per heavy atom. The van der Waals surface area contributed by atoms with Crippen molar-refractivity contribution in [1.29, 1.82) is 0 Å². The Bertz CT molecular complexity index is 3880. The van der Waals surface area contributed by atoms with Crippen LogP contribution in [0.25, 0.3) is 105 Å². The first-order valence-electron chi connectivity index (χ1n) is 20.2. The summed E-state index contributed by atoms with van der Waals surface area (Å²) in [5, 5.41) is 6.37. The van der Waals surface area contributed by atoms with E-state index >= 15 is 0 Å². The van der Waals surface area contributed by atoms with Crippen LogP contribution >= 0.6 is 0 Å². The van der Waals surface area contributed by atoms with E-state index in [1.807, 2.05) is 47.0 Å². The van der Waals surface area contributed by atoms with E-state index in [-0.39, 0.29) is 87.8 Å². The van der Waals surface area contributed by atoms with Crippen molar-refractivity contribution in [3.8, 4) is 39.5 Å². The zero-order valence-corrected chi connectivity index (χ0v) is 34.8. The van der Waals surface area contributed by atoms with Gasteiger partial charge >= 0.3 is 0 Å². The van der Waals surface area contributed by atoms with Crippen molar-refractivity contribution < 1.29 is 4.42 Å². The molecule has 28 radical (unpaired) electrons. The van der Waals surface area contributed by atoms with E-state index in [1.165, 1.54) is 0 Å². The second kappa shape index (κ2) is 14.6. The molecule has 0 aliphatic carbocycles. The zero-order chi connectivity index (χ0) is 45.8. The Morgan fingerprint density at radius 2 is 0.923 bits per heavy atom. The highest BCUT2D eigenvalue weighted by atomic mass is 16.3. The number of hydrogen-bond acceptors (Lipinski definition) is 3. The molecule has 18 heteroatoms. The number of aromatic nitrogens is 3. The van der Waals surface area contributed by atoms with Gasteiger partial charge in [0.25, 0.3) is 0 Å². The minimum atomic E-state index is 0.103. The Kier molecular flexibility index (Phi) is 9.37. The smallest absolute Gasteiger partial charge is 0.180 e. The van der Waals surface area contributed by atoms with Crippen molar-refractivity contribution in [3.63, 3.8) is 0 Å². The Morgan fingerprint density at radius 1 is 0.431 bits per heavy atom. The molecule has 0 unspecified atom stereocenters. The fraction of sp³-hybridized carbons (Fsp3) is 0.0213. The van der Waals surface area contributed by atoms with Gasteiger partial charge < -0.3 is 8.98 Å². The van der Waals surface area contributed by atoms with Crippen LogP contribution in [0.3, 0.4) is 0 Å². The van der Waals surface area contributed by atoms with Crippen molar-refractivity contribution >= 4 is 252 Å². The third-order valence-corrected chi connectivity index (χ3v) is 13.0. The van der Waals surface area contributed by atoms with Gasteiger partial charge in [-0.3, -0.25) is 0 Å². The highest BCUT2D eigenvalue weighted by molar-refractivity contribution is 6.70. The lowest BCUT2D eigenvalue weighted by Gasteiger charge is -2.23. The van der Waals surface area contributed by atoms with Gasteiger partial charge in [0.05, 0.1) is 11.0 Å². The minimum Gasteiger partial charge on any atom is -0.452 e. The molecule has 0 saturated carbocycles. The largest absolute Gasteiger partial charge is 0.452 e. The van der Waals surface area contributed by atoms with Crippen LogP contribution in [0.1, 0.15) is 5.56 Å². The van der Waals surface area contributed by atoms with E-state index in [1.54, 1.807) is 19.1 Å². The highest BCUT2D eigenvalue weighted by Crippen LogP contribution is 2.44. The van der Waals surface area contributed by atoms with Crippen LogP contribution < -0.4 is 76.5 Å². The first-order valence-corrected chi connectivity index (χ1v) is 20.2. The summed E-state index contributed by atoms with van der Waals surface area (Å²) >= 11 is 0. The fourth-order valence-electron chi connectivity index (χ4n) is 9.49. The van der Waals surface area contributed by atoms with E-state index in [0.29, 0.717) is 55.8 Å². The summed E-state index contributed by atoms with van der Waals surface area (Å²) in [6, 6.07) is 23.6. The third kappa shape index (κ3) is 5.64. The predicted molar refractivity (Wildman–Crippen MR) is 286 cm³/mol. The SMILES string of the molecule is [B]c1c([B])c([B])c(-c2ccc3oc4c(-c5c([B])c([B])c(C)c([B])c5[B])nc(-c5ccc6c(c5)c5cccc7c5c5c6cccc5n7-c5c([B])c([B])c([B])c([B])c5[B])nc4c3c2)c([B])c1[B]. The molecule has 11 rings (SSSR count). The molecule has 0 fully saturated rings. The Labute approximate surface area is 393 Å². The molecular formula is C47H15B14N3O. The molecule has 0 N–H and O–H groups in total. The summed E-state index contributed by atoms with van der Waals surface area (Å²) in [7, 11) is 90.8. The lowest BCUT2D eigenvalue weighted by atomic mass is 9.59. The number of fused-ring (bicyclic) bond motifs is 6. The lowest BCUT2D eigenvalue weighted by Crippen LogP contribution is -2.56. The number of nitrogens with zero attached hydrogens (tertiary/aromatic N) is 3. The van der Waals surface area contributed by atoms with E-state index in [4.69, 9.17) is 124 Å². The van der Waals surface area contributed by atoms with Gasteiger partial charge in [0, 0.05) is 27.4 Å². The molecule has 3 heterocycles. The first kappa shape index (κ1) is 41.8. The van der Waals surface area contributed by atoms with Crippen molar-refractivity contribution in [3.05, 3.63) is 78.4 Å². The monoisotopic (exact) mass is 791 g/mol. The summed E-state index contributed by atoms with van der Waals surface area (Å²) in [6.07, 6.45) is 0. The van der Waals surface area contributed by atoms with Crippen LogP contribution in [-0.4, -0.2) is 124 Å². The van der Waals surface area contributed by atoms with Crippen molar-refractivity contribution in [2.24, 2.45) is 0 Å². The summed E-state index contributed by atoms with van der Waals surface area (Å²) in [5.74, 6) is 0.321. The van der Waals surface area contributed by atoms with Crippen LogP contribution in [0, 0.1) is 6.92 Å². The molecule has 0 saturated heterocycles. The quantitative estimate of drug-likeness (QED) is 0.134. The maximum absolute atomic E-state index is 6.77. The lowest BCUT2D eigenvalue weighted by molar-refractivity contribution is 0.667. The van der Waals surface area contributed by atoms with Crippen LogP contribution in [0.4, 0.5) is 0 Å². The molecule has 0 bridgehead atoms. The standard InChI is InChI=1S/C47H15B14N3O/c1-14-29(48)33(52)28(34(53)30(14)49)44-46-43(21-12-15(9-11-24(21)65-46)25-31(50)35(54)37(56)36(55)32(25)51)62-47(63-44)16-8-10-17-18-4-2-6-22-26(18)27-19(20(17)13-16)5-3-7-23(27)64(22)45-41(60)39(58)38(57)40(59)42(45)61/h2-13H,1H3. The van der Waals surface area contributed by atoms with Crippen LogP contribution in [0.5, 0.6) is 0 Å². The number of rotatable bonds is 4. The van der Waals surface area contributed by atoms with E-state index in [9.17, 15) is 0 Å². The van der Waals surface area contributed by atoms with Gasteiger partial charge in [0.15, 0.2) is 11.4 Å². The van der Waals surface area contributed by atoms with Gasteiger partial charge in [-0.25, -0.2) is 9.97 Å². The third-order valence-electron chi connectivity index (χ3n) is 13.0. The van der Waals surface area contributed by atoms with Gasteiger partial charge in [-0.05, 0) is 75.5 Å². The molecule has 0 amide bonds. The molecule has 0 atom stereocenters. The van der Waals surface area contributed by atoms with Crippen molar-refractivity contribution in [1.82, 2.24) is 14.5 Å². The van der Waals surface area contributed by atoms with Crippen LogP contribution in [-0.2, 0) is 0 Å². The number of benzene rings is 8. The van der Waals surface area contributed by atoms with Crippen molar-refractivity contribution in [2.45, 2.75) is 6.92 Å². The normalized spacial score (nSPS) is 12.0. The zero-order valence-electron chi connectivity index (χ0n) is 34.8. The number of furan rings is 1. The van der Waals surface area contributed by atoms with Gasteiger partial charge in [-0.2, -0.15) is 0 Å². The predicted octanol–water partition coefficient (Wildman–Crippen LogP) is -4.36. The molecule has 11 aromatic rings. The maximum Gasteiger partial charge on any atom is 0.180 e. The maximum atomic E-state index is 6.77. The van der Waals surface area contributed by atoms with Gasteiger partial charge in [0.1, 0.15) is 127 Å². The Hall–Kier alpha value is -5.87. The first-order chi connectivity index (χ1) is 31.0. The number of hydrogen-bond donors (Lipinski definition) is 0. The van der Waals surface area contributed by atoms with Crippen LogP contribution in [0.15, 0.2) is 77.2 Å². The minimum absolute atomic E-state index is 0.103. The van der Waals surface area contributed by atoms with Gasteiger partial charge in [0.2, 0.25) is 0 Å². The summed E-state index contributed by atoms with van der Waals surface area (Å²) in [4.78, 5) is 10.3. The molecular weight excluding hydrogens is 774 g/mol. The fourth-order valence-corrected chi connectivity index (χ4v) is 9.49. The van der Waals surface area contributed by atoms with Crippen LogP contribution in [0.2, 0.25) is 0 Å². The molecule has 266 valence electrons. The average molecular weight is 789 g/mol. The topological polar surface area (TPSA) is 43.9 Å². The van der Waals surface area contributed by atoms with E-state index < -0.39 is 0 Å². The van der Waals surface area contributed by atoms with Crippen molar-refractivity contribution in [2.75, 3.05) is 0 Å². The van der Waals surface area contributed by atoms with E-state index in [2.05, 4.69) is 18.2 Å². The Balaban J connectivity index is 1.22. The summed E-state index contributed by atoms with van der Waals surface area (Å²) in [6.45, 7) is 1.75. The highest BCUT2D eigenvalue weighted by Gasteiger charge is 2.26. The summed E-state index contributed by atoms with van der Waals surface area (Å²) < 4.78 is 8.54. The summed E-state index contributed by atoms with van der Waals surface area (Å²) in [5.41, 5.74) is 8.53.